The number of aliphatic hydroxyl groups excluding tert-OH is 1. The second kappa shape index (κ2) is 11.8. The topological polar surface area (TPSA) is 120 Å². The second-order valence-corrected chi connectivity index (χ2v) is 9.85. The highest BCUT2D eigenvalue weighted by molar-refractivity contribution is 5.75. The number of anilines is 1. The number of benzene rings is 1. The number of aromatic nitrogens is 3. The summed E-state index contributed by atoms with van der Waals surface area (Å²) in [4.78, 5) is 28.1. The number of piperazine rings is 1. The number of aryl methyl sites for hydroxylation is 2. The Balaban J connectivity index is 1.68. The highest BCUT2D eigenvalue weighted by atomic mass is 16.5. The van der Waals surface area contributed by atoms with Crippen LogP contribution in [0.5, 0.6) is 5.75 Å². The first-order valence-electron chi connectivity index (χ1n) is 12.8. The third-order valence-corrected chi connectivity index (χ3v) is 6.56. The number of amides is 2. The van der Waals surface area contributed by atoms with Gasteiger partial charge in [-0.3, -0.25) is 0 Å². The van der Waals surface area contributed by atoms with E-state index in [-0.39, 0.29) is 18.7 Å². The number of urea groups is 1. The predicted molar refractivity (Wildman–Crippen MR) is 145 cm³/mol. The summed E-state index contributed by atoms with van der Waals surface area (Å²) in [6.45, 7) is 8.31. The standard InChI is InChI=1S/C27H37N7O4/c1-17-15-33(10-11-34(17)27(36)32(5)6)24-13-23(25-18(2)31-38-19(25)3)29-26(30-24)20-8-7-9-22(12-20)37-16-21(35)14-28-4/h7-9,12-13,17,21,28,35H,10-11,14-16H2,1-6H3/t17-,21?/m0/s1. The minimum Gasteiger partial charge on any atom is -0.491 e. The van der Waals surface area contributed by atoms with Crippen molar-refractivity contribution in [2.75, 3.05) is 58.8 Å². The van der Waals surface area contributed by atoms with E-state index in [2.05, 4.69) is 15.4 Å². The number of rotatable bonds is 8. The van der Waals surface area contributed by atoms with Crippen LogP contribution < -0.4 is 15.0 Å². The second-order valence-electron chi connectivity index (χ2n) is 9.85. The largest absolute Gasteiger partial charge is 0.491 e. The number of likely N-dealkylation sites (N-methyl/N-ethyl adjacent to an activating group) is 1. The maximum absolute atomic E-state index is 12.6. The zero-order valence-corrected chi connectivity index (χ0v) is 22.9. The molecule has 2 atom stereocenters. The lowest BCUT2D eigenvalue weighted by Crippen LogP contribution is -2.56. The van der Waals surface area contributed by atoms with Crippen molar-refractivity contribution in [1.82, 2.24) is 30.2 Å². The Hall–Kier alpha value is -3.70. The Morgan fingerprint density at radius 2 is 2.05 bits per heavy atom. The van der Waals surface area contributed by atoms with Crippen molar-refractivity contribution in [1.29, 1.82) is 0 Å². The molecule has 1 fully saturated rings. The quantitative estimate of drug-likeness (QED) is 0.459. The molecular weight excluding hydrogens is 486 g/mol. The van der Waals surface area contributed by atoms with Gasteiger partial charge in [0.15, 0.2) is 5.82 Å². The van der Waals surface area contributed by atoms with E-state index < -0.39 is 6.10 Å². The van der Waals surface area contributed by atoms with Gasteiger partial charge in [0.1, 0.15) is 30.0 Å². The number of nitrogens with zero attached hydrogens (tertiary/aromatic N) is 6. The van der Waals surface area contributed by atoms with Crippen LogP contribution in [0.25, 0.3) is 22.6 Å². The fourth-order valence-electron chi connectivity index (χ4n) is 4.62. The summed E-state index contributed by atoms with van der Waals surface area (Å²) in [6.07, 6.45) is -0.616. The smallest absolute Gasteiger partial charge is 0.319 e. The van der Waals surface area contributed by atoms with Gasteiger partial charge in [-0.15, -0.1) is 0 Å². The fraction of sp³-hybridized carbons (Fsp3) is 0.481. The summed E-state index contributed by atoms with van der Waals surface area (Å²) in [5, 5.41) is 17.1. The lowest BCUT2D eigenvalue weighted by Gasteiger charge is -2.41. The molecule has 0 aliphatic carbocycles. The molecule has 11 nitrogen and oxygen atoms in total. The van der Waals surface area contributed by atoms with Crippen LogP contribution in [0, 0.1) is 13.8 Å². The zero-order valence-electron chi connectivity index (χ0n) is 22.9. The van der Waals surface area contributed by atoms with Crippen molar-refractivity contribution in [3.8, 4) is 28.4 Å². The van der Waals surface area contributed by atoms with Crippen molar-refractivity contribution in [3.63, 3.8) is 0 Å². The van der Waals surface area contributed by atoms with Crippen LogP contribution in [-0.2, 0) is 0 Å². The molecule has 1 unspecified atom stereocenters. The van der Waals surface area contributed by atoms with Crippen molar-refractivity contribution in [3.05, 3.63) is 41.8 Å². The third-order valence-electron chi connectivity index (χ3n) is 6.56. The summed E-state index contributed by atoms with van der Waals surface area (Å²) >= 11 is 0. The van der Waals surface area contributed by atoms with E-state index in [1.165, 1.54) is 0 Å². The number of hydrogen-bond donors (Lipinski definition) is 2. The normalized spacial score (nSPS) is 16.4. The zero-order chi connectivity index (χ0) is 27.4. The molecule has 3 heterocycles. The number of carbonyl (C=O) groups is 1. The molecule has 11 heteroatoms. The van der Waals surface area contributed by atoms with E-state index in [1.807, 2.05) is 56.0 Å². The van der Waals surface area contributed by atoms with Crippen LogP contribution >= 0.6 is 0 Å². The first kappa shape index (κ1) is 27.3. The molecular formula is C27H37N7O4. The Morgan fingerprint density at radius 1 is 1.26 bits per heavy atom. The van der Waals surface area contributed by atoms with Crippen molar-refractivity contribution in [2.24, 2.45) is 0 Å². The minimum absolute atomic E-state index is 0.00795. The fourth-order valence-corrected chi connectivity index (χ4v) is 4.62. The molecule has 0 saturated carbocycles. The van der Waals surface area contributed by atoms with Crippen LogP contribution in [0.4, 0.5) is 10.6 Å². The maximum atomic E-state index is 12.6. The summed E-state index contributed by atoms with van der Waals surface area (Å²) < 4.78 is 11.2. The molecule has 0 radical (unpaired) electrons. The lowest BCUT2D eigenvalue weighted by atomic mass is 10.1. The molecule has 2 amide bonds. The van der Waals surface area contributed by atoms with Crippen molar-refractivity contribution in [2.45, 2.75) is 32.9 Å². The Kier molecular flexibility index (Phi) is 8.48. The van der Waals surface area contributed by atoms with Gasteiger partial charge in [-0.05, 0) is 40.0 Å². The van der Waals surface area contributed by atoms with Crippen molar-refractivity contribution >= 4 is 11.8 Å². The maximum Gasteiger partial charge on any atom is 0.319 e. The number of ether oxygens (including phenoxy) is 1. The van der Waals surface area contributed by atoms with Gasteiger partial charge in [-0.1, -0.05) is 17.3 Å². The predicted octanol–water partition coefficient (Wildman–Crippen LogP) is 2.57. The molecule has 1 aromatic carbocycles. The van der Waals surface area contributed by atoms with Crippen LogP contribution in [0.3, 0.4) is 0 Å². The Bertz CT molecular complexity index is 1240. The molecule has 204 valence electrons. The van der Waals surface area contributed by atoms with E-state index in [4.69, 9.17) is 19.2 Å². The lowest BCUT2D eigenvalue weighted by molar-refractivity contribution is 0.108. The Morgan fingerprint density at radius 3 is 2.71 bits per heavy atom. The molecule has 38 heavy (non-hydrogen) atoms. The van der Waals surface area contributed by atoms with Gasteiger partial charge < -0.3 is 34.4 Å². The summed E-state index contributed by atoms with van der Waals surface area (Å²) in [6, 6.07) is 9.52. The summed E-state index contributed by atoms with van der Waals surface area (Å²) in [5.74, 6) is 2.61. The number of aliphatic hydroxyl groups is 1. The van der Waals surface area contributed by atoms with Gasteiger partial charge in [0.25, 0.3) is 0 Å². The highest BCUT2D eigenvalue weighted by Crippen LogP contribution is 2.32. The monoisotopic (exact) mass is 523 g/mol. The van der Waals surface area contributed by atoms with Crippen LogP contribution in [-0.4, -0.2) is 102 Å². The van der Waals surface area contributed by atoms with Gasteiger partial charge in [0.2, 0.25) is 0 Å². The molecule has 0 spiro atoms. The molecule has 1 saturated heterocycles. The molecule has 0 bridgehead atoms. The van der Waals surface area contributed by atoms with Crippen LogP contribution in [0.15, 0.2) is 34.9 Å². The SMILES string of the molecule is CNCC(O)COc1cccc(-c2nc(-c3c(C)noc3C)cc(N3CCN(C(=O)N(C)C)[C@@H](C)C3)n2)c1. The number of carbonyl (C=O) groups excluding carboxylic acids is 1. The molecule has 4 rings (SSSR count). The van der Waals surface area contributed by atoms with E-state index in [0.717, 1.165) is 28.3 Å². The molecule has 2 N–H and O–H groups in total. The van der Waals surface area contributed by atoms with Gasteiger partial charge in [0, 0.05) is 57.9 Å². The third kappa shape index (κ3) is 6.05. The summed E-state index contributed by atoms with van der Waals surface area (Å²) in [7, 11) is 5.33. The molecule has 1 aliphatic rings. The summed E-state index contributed by atoms with van der Waals surface area (Å²) in [5.41, 5.74) is 3.10. The first-order chi connectivity index (χ1) is 18.2. The first-order valence-corrected chi connectivity index (χ1v) is 12.8. The van der Waals surface area contributed by atoms with E-state index in [1.54, 1.807) is 26.0 Å². The average Bonchev–Trinajstić information content (AvgIpc) is 3.24. The van der Waals surface area contributed by atoms with E-state index >= 15 is 0 Å². The molecule has 3 aromatic rings. The Labute approximate surface area is 223 Å². The van der Waals surface area contributed by atoms with E-state index in [9.17, 15) is 9.90 Å². The van der Waals surface area contributed by atoms with Crippen LogP contribution in [0.1, 0.15) is 18.4 Å². The van der Waals surface area contributed by atoms with Crippen molar-refractivity contribution < 1.29 is 19.2 Å². The highest BCUT2D eigenvalue weighted by Gasteiger charge is 2.30. The van der Waals surface area contributed by atoms with Gasteiger partial charge in [0.05, 0.1) is 17.0 Å². The molecule has 1 aliphatic heterocycles. The number of hydrogen-bond acceptors (Lipinski definition) is 9. The van der Waals surface area contributed by atoms with Gasteiger partial charge >= 0.3 is 6.03 Å². The number of nitrogens with one attached hydrogen (secondary N) is 1. The van der Waals surface area contributed by atoms with Gasteiger partial charge in [-0.25, -0.2) is 14.8 Å². The van der Waals surface area contributed by atoms with E-state index in [0.29, 0.717) is 43.5 Å². The minimum atomic E-state index is -0.616. The molecule has 2 aromatic heterocycles. The van der Waals surface area contributed by atoms with Gasteiger partial charge in [-0.2, -0.15) is 0 Å². The van der Waals surface area contributed by atoms with Crippen LogP contribution in [0.2, 0.25) is 0 Å². The average molecular weight is 524 g/mol.